The molecule has 87 heavy (non-hydrogen) atoms. The van der Waals surface area contributed by atoms with E-state index in [0.29, 0.717) is 46.7 Å². The number of pyridine rings is 2. The Labute approximate surface area is 525 Å². The number of anilines is 7. The summed E-state index contributed by atoms with van der Waals surface area (Å²) in [5, 5.41) is 39.3. The molecule has 0 saturated heterocycles. The van der Waals surface area contributed by atoms with E-state index < -0.39 is 12.9 Å². The highest BCUT2D eigenvalue weighted by Crippen LogP contribution is 2.32. The molecule has 10 N–H and O–H groups in total. The molecule has 3 fully saturated rings. The fourth-order valence-corrected chi connectivity index (χ4v) is 10.6. The lowest BCUT2D eigenvalue weighted by atomic mass is 9.80. The smallest absolute Gasteiger partial charge is 0.423 e. The topological polar surface area (TPSA) is 268 Å². The van der Waals surface area contributed by atoms with Crippen LogP contribution in [0.4, 0.5) is 54.2 Å². The molecule has 23 heteroatoms. The molecule has 0 spiro atoms. The predicted octanol–water partition coefficient (Wildman–Crippen LogP) is 14.2. The van der Waals surface area contributed by atoms with Crippen molar-refractivity contribution in [1.82, 2.24) is 39.9 Å². The van der Waals surface area contributed by atoms with Crippen LogP contribution in [-0.4, -0.2) is 76.7 Å². The van der Waals surface area contributed by atoms with Crippen LogP contribution in [0.15, 0.2) is 137 Å². The Kier molecular flexibility index (Phi) is 28.6. The number of halogens is 5. The number of rotatable bonds is 14. The van der Waals surface area contributed by atoms with Crippen LogP contribution in [0.25, 0.3) is 22.3 Å². The quantitative estimate of drug-likeness (QED) is 0.0470. The molecular formula is C64H77BBr2F3N15O2. The highest BCUT2D eigenvalue weighted by molar-refractivity contribution is 9.10. The second kappa shape index (κ2) is 36.4. The first kappa shape index (κ1) is 68.3. The van der Waals surface area contributed by atoms with Crippen molar-refractivity contribution in [3.63, 3.8) is 0 Å². The zero-order chi connectivity index (χ0) is 61.0. The van der Waals surface area contributed by atoms with E-state index in [0.717, 1.165) is 74.3 Å². The molecule has 0 unspecified atom stereocenters. The third-order valence-corrected chi connectivity index (χ3v) is 15.7. The maximum Gasteiger partial charge on any atom is 0.488 e. The molecule has 3 saturated carbocycles. The van der Waals surface area contributed by atoms with E-state index in [2.05, 4.69) is 93.0 Å². The highest BCUT2D eigenvalue weighted by atomic mass is 79.9. The zero-order valence-corrected chi connectivity index (χ0v) is 51.3. The minimum absolute atomic E-state index is 0. The number of hydrogen-bond donors (Lipinski definition) is 8. The molecule has 5 aromatic heterocycles. The van der Waals surface area contributed by atoms with E-state index in [9.17, 15) is 13.2 Å². The molecule has 0 amide bonds. The van der Waals surface area contributed by atoms with Crippen LogP contribution in [0.5, 0.6) is 0 Å². The Bertz CT molecular complexity index is 3370. The molecule has 11 rings (SSSR count). The van der Waals surface area contributed by atoms with Gasteiger partial charge < -0.3 is 42.8 Å². The Morgan fingerprint density at radius 2 is 1.03 bits per heavy atom. The second-order valence-corrected chi connectivity index (χ2v) is 23.0. The van der Waals surface area contributed by atoms with Crippen LogP contribution >= 0.6 is 31.9 Å². The van der Waals surface area contributed by atoms with Crippen LogP contribution in [0, 0.1) is 53.5 Å². The number of nitrogens with zero attached hydrogens (tertiary/aromatic N) is 9. The predicted molar refractivity (Wildman–Crippen MR) is 350 cm³/mol. The lowest BCUT2D eigenvalue weighted by Crippen LogP contribution is -2.29. The van der Waals surface area contributed by atoms with Crippen molar-refractivity contribution in [3.8, 4) is 28.3 Å². The van der Waals surface area contributed by atoms with E-state index in [1.807, 2.05) is 37.3 Å². The normalized spacial score (nSPS) is 14.0. The molecular weight excluding hydrogens is 1240 g/mol. The summed E-state index contributed by atoms with van der Waals surface area (Å²) in [5.41, 5.74) is 16.5. The largest absolute Gasteiger partial charge is 0.488 e. The number of aryl methyl sites for hydroxylation is 1. The van der Waals surface area contributed by atoms with Gasteiger partial charge in [0.2, 0.25) is 17.8 Å². The third kappa shape index (κ3) is 23.8. The molecule has 3 aromatic carbocycles. The minimum atomic E-state index is -1.59. The van der Waals surface area contributed by atoms with Gasteiger partial charge in [0.25, 0.3) is 0 Å². The Morgan fingerprint density at radius 3 is 1.48 bits per heavy atom. The van der Waals surface area contributed by atoms with Crippen LogP contribution in [-0.2, 0) is 0 Å². The van der Waals surface area contributed by atoms with Crippen molar-refractivity contribution < 1.29 is 23.2 Å². The molecule has 17 nitrogen and oxygen atoms in total. The van der Waals surface area contributed by atoms with Gasteiger partial charge >= 0.3 is 7.12 Å². The van der Waals surface area contributed by atoms with Gasteiger partial charge in [-0.1, -0.05) is 102 Å². The van der Waals surface area contributed by atoms with Gasteiger partial charge in [0.05, 0.1) is 16.4 Å². The first-order valence-electron chi connectivity index (χ1n) is 29.0. The molecule has 0 aliphatic heterocycles. The second-order valence-electron chi connectivity index (χ2n) is 21.3. The zero-order valence-electron chi connectivity index (χ0n) is 48.1. The summed E-state index contributed by atoms with van der Waals surface area (Å²) in [6.07, 6.45) is 27.9. The first-order chi connectivity index (χ1) is 41.7. The van der Waals surface area contributed by atoms with E-state index in [1.165, 1.54) is 139 Å². The minimum Gasteiger partial charge on any atom is -0.423 e. The molecule has 0 bridgehead atoms. The third-order valence-electron chi connectivity index (χ3n) is 14.6. The van der Waals surface area contributed by atoms with Gasteiger partial charge in [-0.15, -0.1) is 0 Å². The molecule has 0 atom stereocenters. The van der Waals surface area contributed by atoms with Gasteiger partial charge in [0.1, 0.15) is 46.7 Å². The number of nitrogens with one attached hydrogen (secondary N) is 4. The molecule has 3 aliphatic carbocycles. The van der Waals surface area contributed by atoms with Crippen molar-refractivity contribution in [2.24, 2.45) is 17.8 Å². The molecule has 458 valence electrons. The average molecular weight is 1320 g/mol. The average Bonchev–Trinajstić information content (AvgIpc) is 3.38. The number of benzene rings is 3. The van der Waals surface area contributed by atoms with Crippen LogP contribution < -0.4 is 38.2 Å². The van der Waals surface area contributed by atoms with Gasteiger partial charge in [-0.2, -0.15) is 20.2 Å². The SMILES string of the molecule is C.Cc1ccc(Br)cn1.N#Cc1ccc(Nc2ncc(-c3cccc(F)c3)c(NCC3CCCCC3)n2)cn1.Nc1ncc(-c2cccc(F)c2)c(NCC2CCCCC2)n1.Nc1ncc(Br)c(NCC2CCCCC2)n1.OB(O)c1cccc(F)c1. The van der Waals surface area contributed by atoms with Gasteiger partial charge in [0, 0.05) is 65.7 Å². The van der Waals surface area contributed by atoms with Gasteiger partial charge in [-0.3, -0.25) is 4.98 Å². The first-order valence-corrected chi connectivity index (χ1v) is 30.6. The fourth-order valence-electron chi connectivity index (χ4n) is 10.0. The fraction of sp³-hybridized carbons (Fsp3) is 0.359. The maximum atomic E-state index is 13.8. The summed E-state index contributed by atoms with van der Waals surface area (Å²) in [7, 11) is -1.59. The Hall–Kier alpha value is -7.78. The van der Waals surface area contributed by atoms with Crippen molar-refractivity contribution in [1.29, 1.82) is 5.26 Å². The summed E-state index contributed by atoms with van der Waals surface area (Å²) in [6.45, 7) is 4.65. The van der Waals surface area contributed by atoms with Crippen molar-refractivity contribution in [3.05, 3.63) is 166 Å². The van der Waals surface area contributed by atoms with Gasteiger partial charge in [-0.25, -0.2) is 33.1 Å². The van der Waals surface area contributed by atoms with Crippen LogP contribution in [0.2, 0.25) is 0 Å². The molecule has 8 aromatic rings. The van der Waals surface area contributed by atoms with E-state index in [1.54, 1.807) is 55.2 Å². The monoisotopic (exact) mass is 1310 g/mol. The number of hydrogen-bond acceptors (Lipinski definition) is 17. The summed E-state index contributed by atoms with van der Waals surface area (Å²) in [5.74, 6) is 4.14. The summed E-state index contributed by atoms with van der Waals surface area (Å²) in [6, 6.07) is 27.4. The standard InChI is InChI=1S/C23H23FN6.C17H21FN4.C11H17BrN4.C6H6BFO2.C6H6BrN.CH4/c24-18-8-4-7-17(11-18)21-15-28-23(29-20-10-9-19(12-25)26-14-20)30-22(21)27-13-16-5-2-1-3-6-16;18-14-8-4-7-13(9-14)15-11-21-17(19)22-16(15)20-10-12-5-2-1-3-6-12;12-9-7-15-11(13)16-10(9)14-6-8-4-2-1-3-5-8;8-6-3-1-2-5(4-6)7(9)10;1-5-2-3-6(7)4-8-5;/h4,7-11,14-16H,1-3,5-6,13H2,(H2,27,28,29,30);4,7-9,11-12H,1-3,5-6,10H2,(H3,19,20,21,22);7-8H,1-6H2,(H3,13,14,15,16);1-4,9-10H;2-4H,1H3;1H4. The Morgan fingerprint density at radius 1 is 0.552 bits per heavy atom. The number of aromatic nitrogens is 8. The van der Waals surface area contributed by atoms with Gasteiger partial charge in [0.15, 0.2) is 0 Å². The summed E-state index contributed by atoms with van der Waals surface area (Å²) < 4.78 is 41.4. The molecule has 5 heterocycles. The van der Waals surface area contributed by atoms with Crippen molar-refractivity contribution in [2.45, 2.75) is 111 Å². The lowest BCUT2D eigenvalue weighted by molar-refractivity contribution is 0.373. The van der Waals surface area contributed by atoms with E-state index in [-0.39, 0.29) is 30.5 Å². The molecule has 3 aliphatic rings. The van der Waals surface area contributed by atoms with Gasteiger partial charge in [-0.05, 0) is 172 Å². The number of nitrogens with two attached hydrogens (primary N) is 2. The lowest BCUT2D eigenvalue weighted by Gasteiger charge is -2.23. The van der Waals surface area contributed by atoms with Crippen molar-refractivity contribution in [2.75, 3.05) is 52.4 Å². The summed E-state index contributed by atoms with van der Waals surface area (Å²) >= 11 is 6.70. The number of nitrogen functional groups attached to an aromatic ring is 2. The van der Waals surface area contributed by atoms with E-state index >= 15 is 0 Å². The van der Waals surface area contributed by atoms with Crippen molar-refractivity contribution >= 4 is 85.4 Å². The molecule has 0 radical (unpaired) electrons. The Balaban J connectivity index is 0.000000186. The van der Waals surface area contributed by atoms with Crippen LogP contribution in [0.3, 0.4) is 0 Å². The highest BCUT2D eigenvalue weighted by Gasteiger charge is 2.19. The summed E-state index contributed by atoms with van der Waals surface area (Å²) in [4.78, 5) is 33.6. The number of nitriles is 1. The maximum absolute atomic E-state index is 13.8. The van der Waals surface area contributed by atoms with E-state index in [4.69, 9.17) is 26.8 Å². The van der Waals surface area contributed by atoms with Crippen LogP contribution in [0.1, 0.15) is 115 Å².